The Balaban J connectivity index is 1.41. The summed E-state index contributed by atoms with van der Waals surface area (Å²) >= 11 is 3.56. The Labute approximate surface area is 168 Å². The van der Waals surface area contributed by atoms with Crippen LogP contribution in [0, 0.1) is 0 Å². The van der Waals surface area contributed by atoms with Crippen molar-refractivity contribution in [3.63, 3.8) is 0 Å². The van der Waals surface area contributed by atoms with Crippen molar-refractivity contribution >= 4 is 35.3 Å². The fourth-order valence-electron chi connectivity index (χ4n) is 3.43. The third kappa shape index (κ3) is 4.33. The molecule has 0 saturated heterocycles. The number of hydrogen-bond donors (Lipinski definition) is 0. The van der Waals surface area contributed by atoms with Crippen molar-refractivity contribution in [2.75, 3.05) is 24.6 Å². The van der Waals surface area contributed by atoms with Crippen LogP contribution < -0.4 is 0 Å². The van der Waals surface area contributed by atoms with E-state index in [9.17, 15) is 9.59 Å². The van der Waals surface area contributed by atoms with E-state index in [0.29, 0.717) is 26.2 Å². The molecule has 6 heteroatoms. The molecule has 2 aromatic carbocycles. The Kier molecular flexibility index (Phi) is 5.74. The zero-order valence-corrected chi connectivity index (χ0v) is 16.7. The van der Waals surface area contributed by atoms with E-state index in [-0.39, 0.29) is 18.2 Å². The summed E-state index contributed by atoms with van der Waals surface area (Å²) in [5.41, 5.74) is 2.33. The smallest absolute Gasteiger partial charge is 0.232 e. The molecule has 0 atom stereocenters. The van der Waals surface area contributed by atoms with Crippen LogP contribution in [0.25, 0.3) is 0 Å². The Morgan fingerprint density at radius 1 is 0.741 bits per heavy atom. The van der Waals surface area contributed by atoms with Crippen LogP contribution in [0.1, 0.15) is 17.5 Å². The number of nitrogens with zero attached hydrogens (tertiary/aromatic N) is 2. The number of fused-ring (bicyclic) bond motifs is 2. The largest absolute Gasteiger partial charge is 0.337 e. The molecular formula is C21H22N2O2S2. The van der Waals surface area contributed by atoms with Crippen LogP contribution in [0.3, 0.4) is 0 Å². The Hall–Kier alpha value is -1.92. The SMILES string of the molecule is O=C(CC(=O)N1CCSc2ccccc2C1)N1CCSc2ccccc2C1. The van der Waals surface area contributed by atoms with Crippen LogP contribution in [-0.4, -0.2) is 46.2 Å². The fourth-order valence-corrected chi connectivity index (χ4v) is 5.48. The number of rotatable bonds is 2. The van der Waals surface area contributed by atoms with Crippen LogP contribution in [0.15, 0.2) is 58.3 Å². The standard InChI is InChI=1S/C21H22N2O2S2/c24-20(22-9-11-26-18-7-3-1-5-16(18)14-22)13-21(25)23-10-12-27-19-8-4-2-6-17(19)15-23/h1-8H,9-15H2. The summed E-state index contributed by atoms with van der Waals surface area (Å²) in [6.45, 7) is 2.55. The van der Waals surface area contributed by atoms with Crippen molar-refractivity contribution in [3.8, 4) is 0 Å². The molecular weight excluding hydrogens is 376 g/mol. The molecule has 4 nitrogen and oxygen atoms in total. The molecule has 0 aromatic heterocycles. The molecule has 2 aromatic rings. The zero-order chi connectivity index (χ0) is 18.6. The van der Waals surface area contributed by atoms with E-state index in [1.165, 1.54) is 20.9 Å². The second-order valence-corrected chi connectivity index (χ2v) is 8.99. The molecule has 2 heterocycles. The van der Waals surface area contributed by atoms with Gasteiger partial charge in [-0.1, -0.05) is 36.4 Å². The van der Waals surface area contributed by atoms with Crippen LogP contribution >= 0.6 is 23.5 Å². The minimum atomic E-state index is -0.0671. The number of carbonyl (C=O) groups excluding carboxylic acids is 2. The summed E-state index contributed by atoms with van der Waals surface area (Å²) < 4.78 is 0. The minimum absolute atomic E-state index is 0.0420. The first kappa shape index (κ1) is 18.4. The maximum atomic E-state index is 12.8. The number of hydrogen-bond acceptors (Lipinski definition) is 4. The molecule has 0 unspecified atom stereocenters. The van der Waals surface area contributed by atoms with Crippen molar-refractivity contribution in [2.24, 2.45) is 0 Å². The second-order valence-electron chi connectivity index (χ2n) is 6.72. The maximum Gasteiger partial charge on any atom is 0.232 e. The molecule has 27 heavy (non-hydrogen) atoms. The first-order valence-electron chi connectivity index (χ1n) is 9.17. The third-order valence-electron chi connectivity index (χ3n) is 4.91. The summed E-state index contributed by atoms with van der Waals surface area (Å²) in [5, 5.41) is 0. The Morgan fingerprint density at radius 2 is 1.19 bits per heavy atom. The summed E-state index contributed by atoms with van der Waals surface area (Å²) in [4.78, 5) is 31.8. The van der Waals surface area contributed by atoms with Crippen LogP contribution in [0.2, 0.25) is 0 Å². The molecule has 140 valence electrons. The highest BCUT2D eigenvalue weighted by Gasteiger charge is 2.25. The van der Waals surface area contributed by atoms with E-state index >= 15 is 0 Å². The van der Waals surface area contributed by atoms with E-state index in [1.54, 1.807) is 23.5 Å². The average Bonchev–Trinajstić information content (AvgIpc) is 3.04. The predicted molar refractivity (Wildman–Crippen MR) is 110 cm³/mol. The molecule has 0 bridgehead atoms. The molecule has 0 N–H and O–H groups in total. The van der Waals surface area contributed by atoms with E-state index in [0.717, 1.165) is 11.5 Å². The molecule has 0 saturated carbocycles. The maximum absolute atomic E-state index is 12.8. The lowest BCUT2D eigenvalue weighted by Crippen LogP contribution is -2.38. The molecule has 0 spiro atoms. The van der Waals surface area contributed by atoms with Gasteiger partial charge in [-0.2, -0.15) is 0 Å². The molecule has 0 aliphatic carbocycles. The fraction of sp³-hybridized carbons (Fsp3) is 0.333. The van der Waals surface area contributed by atoms with Crippen molar-refractivity contribution in [1.82, 2.24) is 9.80 Å². The van der Waals surface area contributed by atoms with Crippen molar-refractivity contribution in [1.29, 1.82) is 0 Å². The summed E-state index contributed by atoms with van der Waals surface area (Å²) in [5.74, 6) is 1.60. The van der Waals surface area contributed by atoms with Gasteiger partial charge in [0.15, 0.2) is 0 Å². The monoisotopic (exact) mass is 398 g/mol. The number of carbonyl (C=O) groups is 2. The van der Waals surface area contributed by atoms with Gasteiger partial charge in [-0.25, -0.2) is 0 Å². The third-order valence-corrected chi connectivity index (χ3v) is 7.10. The Bertz CT molecular complexity index is 786. The number of thioether (sulfide) groups is 2. The highest BCUT2D eigenvalue weighted by Crippen LogP contribution is 2.29. The number of amides is 2. The molecule has 0 fully saturated rings. The summed E-state index contributed by atoms with van der Waals surface area (Å²) in [6, 6.07) is 16.4. The van der Waals surface area contributed by atoms with E-state index in [1.807, 2.05) is 34.1 Å². The van der Waals surface area contributed by atoms with Gasteiger partial charge in [0.25, 0.3) is 0 Å². The van der Waals surface area contributed by atoms with Crippen molar-refractivity contribution in [2.45, 2.75) is 29.3 Å². The predicted octanol–water partition coefficient (Wildman–Crippen LogP) is 3.65. The van der Waals surface area contributed by atoms with Crippen molar-refractivity contribution in [3.05, 3.63) is 59.7 Å². The van der Waals surface area contributed by atoms with Gasteiger partial charge in [0.05, 0.1) is 0 Å². The molecule has 2 aliphatic rings. The first-order valence-corrected chi connectivity index (χ1v) is 11.1. The lowest BCUT2D eigenvalue weighted by atomic mass is 10.2. The zero-order valence-electron chi connectivity index (χ0n) is 15.1. The number of benzene rings is 2. The van der Waals surface area contributed by atoms with Gasteiger partial charge in [0.1, 0.15) is 6.42 Å². The van der Waals surface area contributed by atoms with Gasteiger partial charge in [-0.05, 0) is 23.3 Å². The topological polar surface area (TPSA) is 40.6 Å². The lowest BCUT2D eigenvalue weighted by molar-refractivity contribution is -0.141. The highest BCUT2D eigenvalue weighted by atomic mass is 32.2. The molecule has 4 rings (SSSR count). The van der Waals surface area contributed by atoms with E-state index in [4.69, 9.17) is 0 Å². The van der Waals surface area contributed by atoms with Crippen LogP contribution in [0.5, 0.6) is 0 Å². The van der Waals surface area contributed by atoms with Gasteiger partial charge >= 0.3 is 0 Å². The van der Waals surface area contributed by atoms with Crippen molar-refractivity contribution < 1.29 is 9.59 Å². The summed E-state index contributed by atoms with van der Waals surface area (Å²) in [6.07, 6.45) is -0.0420. The van der Waals surface area contributed by atoms with Gasteiger partial charge in [0, 0.05) is 47.5 Å². The van der Waals surface area contributed by atoms with E-state index in [2.05, 4.69) is 24.3 Å². The Morgan fingerprint density at radius 3 is 1.67 bits per heavy atom. The van der Waals surface area contributed by atoms with Gasteiger partial charge in [0.2, 0.25) is 11.8 Å². The average molecular weight is 399 g/mol. The van der Waals surface area contributed by atoms with Gasteiger partial charge < -0.3 is 9.80 Å². The van der Waals surface area contributed by atoms with Gasteiger partial charge in [-0.3, -0.25) is 9.59 Å². The highest BCUT2D eigenvalue weighted by molar-refractivity contribution is 7.99. The van der Waals surface area contributed by atoms with Crippen LogP contribution in [0.4, 0.5) is 0 Å². The summed E-state index contributed by atoms with van der Waals surface area (Å²) in [7, 11) is 0. The van der Waals surface area contributed by atoms with Gasteiger partial charge in [-0.15, -0.1) is 23.5 Å². The molecule has 0 radical (unpaired) electrons. The molecule has 2 amide bonds. The van der Waals surface area contributed by atoms with E-state index < -0.39 is 0 Å². The molecule has 2 aliphatic heterocycles. The first-order chi connectivity index (χ1) is 13.2. The second kappa shape index (κ2) is 8.40. The normalized spacial score (nSPS) is 16.7. The minimum Gasteiger partial charge on any atom is -0.337 e. The quantitative estimate of drug-likeness (QED) is 0.724. The van der Waals surface area contributed by atoms with Crippen LogP contribution in [-0.2, 0) is 22.7 Å². The lowest BCUT2D eigenvalue weighted by Gasteiger charge is -2.24.